The van der Waals surface area contributed by atoms with Gasteiger partial charge in [-0.05, 0) is 12.8 Å². The highest BCUT2D eigenvalue weighted by Crippen LogP contribution is 2.18. The molecule has 6 heteroatoms. The molecule has 102 valence electrons. The number of aliphatic hydroxyl groups is 1. The van der Waals surface area contributed by atoms with E-state index in [1.54, 1.807) is 11.7 Å². The van der Waals surface area contributed by atoms with Gasteiger partial charge in [-0.15, -0.1) is 0 Å². The monoisotopic (exact) mass is 273 g/mol. The molecule has 0 radical (unpaired) electrons. The topological polar surface area (TPSA) is 67.2 Å². The number of aliphatic hydroxyl groups excluding tert-OH is 1. The molecule has 18 heavy (non-hydrogen) atoms. The van der Waals surface area contributed by atoms with Gasteiger partial charge >= 0.3 is 0 Å². The van der Waals surface area contributed by atoms with E-state index >= 15 is 0 Å². The first kappa shape index (κ1) is 15.0. The van der Waals surface area contributed by atoms with E-state index in [1.807, 2.05) is 20.8 Å². The molecule has 1 heterocycles. The first-order valence-electron chi connectivity index (χ1n) is 5.95. The first-order valence-corrected chi connectivity index (χ1v) is 6.33. The van der Waals surface area contributed by atoms with Crippen molar-refractivity contribution in [2.24, 2.45) is 13.0 Å². The van der Waals surface area contributed by atoms with Gasteiger partial charge in [-0.25, -0.2) is 0 Å². The second-order valence-electron chi connectivity index (χ2n) is 4.77. The minimum Gasteiger partial charge on any atom is -0.391 e. The molecular weight excluding hydrogens is 254 g/mol. The van der Waals surface area contributed by atoms with Crippen molar-refractivity contribution < 1.29 is 9.90 Å². The second-order valence-corrected chi connectivity index (χ2v) is 5.13. The summed E-state index contributed by atoms with van der Waals surface area (Å²) < 4.78 is 1.54. The Bertz CT molecular complexity index is 429. The Balaban J connectivity index is 2.55. The van der Waals surface area contributed by atoms with Crippen LogP contribution in [0.1, 0.15) is 25.1 Å². The van der Waals surface area contributed by atoms with Crippen LogP contribution in [0.5, 0.6) is 0 Å². The van der Waals surface area contributed by atoms with Crippen LogP contribution in [0.15, 0.2) is 0 Å². The lowest BCUT2D eigenvalue weighted by atomic mass is 10.1. The van der Waals surface area contributed by atoms with Crippen LogP contribution in [0.25, 0.3) is 0 Å². The van der Waals surface area contributed by atoms with Crippen molar-refractivity contribution in [1.82, 2.24) is 15.1 Å². The number of halogens is 1. The molecule has 1 aromatic heterocycles. The Morgan fingerprint density at radius 2 is 2.17 bits per heavy atom. The van der Waals surface area contributed by atoms with Crippen LogP contribution >= 0.6 is 11.6 Å². The smallest absolute Gasteiger partial charge is 0.224 e. The molecule has 0 aliphatic rings. The van der Waals surface area contributed by atoms with Crippen LogP contribution in [-0.4, -0.2) is 33.4 Å². The van der Waals surface area contributed by atoms with Gasteiger partial charge in [0, 0.05) is 19.2 Å². The predicted molar refractivity (Wildman–Crippen MR) is 70.5 cm³/mol. The number of carbonyl (C=O) groups is 1. The van der Waals surface area contributed by atoms with E-state index in [4.69, 9.17) is 11.6 Å². The van der Waals surface area contributed by atoms with Crippen molar-refractivity contribution in [1.29, 1.82) is 0 Å². The zero-order valence-corrected chi connectivity index (χ0v) is 12.0. The maximum Gasteiger partial charge on any atom is 0.224 e. The third kappa shape index (κ3) is 3.71. The van der Waals surface area contributed by atoms with Crippen molar-refractivity contribution in [3.8, 4) is 0 Å². The molecule has 1 aromatic rings. The summed E-state index contributed by atoms with van der Waals surface area (Å²) in [5.41, 5.74) is 1.48. The number of nitrogens with one attached hydrogen (secondary N) is 1. The van der Waals surface area contributed by atoms with Crippen LogP contribution in [0.4, 0.5) is 0 Å². The summed E-state index contributed by atoms with van der Waals surface area (Å²) in [5.74, 6) is -0.0401. The van der Waals surface area contributed by atoms with Crippen molar-refractivity contribution in [2.75, 3.05) is 6.54 Å². The summed E-state index contributed by atoms with van der Waals surface area (Å²) >= 11 is 6.04. The number of nitrogens with zero attached hydrogens (tertiary/aromatic N) is 2. The van der Waals surface area contributed by atoms with Crippen molar-refractivity contribution in [2.45, 2.75) is 33.3 Å². The van der Waals surface area contributed by atoms with E-state index in [-0.39, 0.29) is 24.8 Å². The molecule has 0 saturated carbocycles. The lowest BCUT2D eigenvalue weighted by Gasteiger charge is -2.14. The maximum atomic E-state index is 11.7. The predicted octanol–water partition coefficient (Wildman–Crippen LogP) is 1.06. The van der Waals surface area contributed by atoms with Crippen LogP contribution in [0.2, 0.25) is 5.15 Å². The van der Waals surface area contributed by atoms with E-state index in [2.05, 4.69) is 10.4 Å². The molecule has 1 atom stereocenters. The molecule has 5 nitrogen and oxygen atoms in total. The molecule has 1 rings (SSSR count). The van der Waals surface area contributed by atoms with E-state index < -0.39 is 6.10 Å². The van der Waals surface area contributed by atoms with Crippen LogP contribution in [0, 0.1) is 12.8 Å². The Kier molecular flexibility index (Phi) is 5.16. The highest BCUT2D eigenvalue weighted by Gasteiger charge is 2.16. The number of carbonyl (C=O) groups excluding carboxylic acids is 1. The zero-order chi connectivity index (χ0) is 13.9. The van der Waals surface area contributed by atoms with E-state index in [0.29, 0.717) is 5.15 Å². The molecule has 1 unspecified atom stereocenters. The lowest BCUT2D eigenvalue weighted by molar-refractivity contribution is -0.121. The van der Waals surface area contributed by atoms with Gasteiger partial charge in [0.15, 0.2) is 0 Å². The van der Waals surface area contributed by atoms with Gasteiger partial charge in [0.05, 0.1) is 18.2 Å². The highest BCUT2D eigenvalue weighted by atomic mass is 35.5. The molecule has 0 aliphatic heterocycles. The number of aromatic nitrogens is 2. The molecule has 0 aliphatic carbocycles. The summed E-state index contributed by atoms with van der Waals surface area (Å²) in [5, 5.41) is 16.9. The fourth-order valence-corrected chi connectivity index (χ4v) is 1.79. The van der Waals surface area contributed by atoms with Gasteiger partial charge in [-0.3, -0.25) is 9.48 Å². The Labute approximate surface area is 112 Å². The lowest BCUT2D eigenvalue weighted by Crippen LogP contribution is -2.35. The first-order chi connectivity index (χ1) is 8.32. The number of rotatable bonds is 5. The minimum absolute atomic E-state index is 0.119. The molecule has 1 amide bonds. The average molecular weight is 274 g/mol. The summed E-state index contributed by atoms with van der Waals surface area (Å²) in [6.45, 7) is 5.88. The summed E-state index contributed by atoms with van der Waals surface area (Å²) in [6.07, 6.45) is -0.344. The third-order valence-corrected chi connectivity index (χ3v) is 3.36. The van der Waals surface area contributed by atoms with E-state index in [9.17, 15) is 9.90 Å². The van der Waals surface area contributed by atoms with Crippen molar-refractivity contribution >= 4 is 17.5 Å². The Hall–Kier alpha value is -1.07. The molecule has 0 spiro atoms. The standard InChI is InChI=1S/C12H20ClN3O2/c1-7(2)10(17)6-14-11(18)5-9-8(3)15-16(4)12(9)13/h7,10,17H,5-6H2,1-4H3,(H,14,18). The largest absolute Gasteiger partial charge is 0.391 e. The SMILES string of the molecule is Cc1nn(C)c(Cl)c1CC(=O)NCC(O)C(C)C. The zero-order valence-electron chi connectivity index (χ0n) is 11.2. The van der Waals surface area contributed by atoms with E-state index in [1.165, 1.54) is 0 Å². The Morgan fingerprint density at radius 1 is 1.56 bits per heavy atom. The van der Waals surface area contributed by atoms with Crippen LogP contribution in [0.3, 0.4) is 0 Å². The summed E-state index contributed by atoms with van der Waals surface area (Å²) in [6, 6.07) is 0. The third-order valence-electron chi connectivity index (χ3n) is 2.89. The number of aryl methyl sites for hydroxylation is 2. The number of hydrogen-bond acceptors (Lipinski definition) is 3. The highest BCUT2D eigenvalue weighted by molar-refractivity contribution is 6.30. The fourth-order valence-electron chi connectivity index (χ4n) is 1.55. The van der Waals surface area contributed by atoms with Gasteiger partial charge in [0.2, 0.25) is 5.91 Å². The normalized spacial score (nSPS) is 12.8. The van der Waals surface area contributed by atoms with Gasteiger partial charge < -0.3 is 10.4 Å². The maximum absolute atomic E-state index is 11.7. The van der Waals surface area contributed by atoms with Gasteiger partial charge in [-0.2, -0.15) is 5.10 Å². The second kappa shape index (κ2) is 6.20. The summed E-state index contributed by atoms with van der Waals surface area (Å²) in [4.78, 5) is 11.7. The molecular formula is C12H20ClN3O2. The fraction of sp³-hybridized carbons (Fsp3) is 0.667. The van der Waals surface area contributed by atoms with Gasteiger partial charge in [0.1, 0.15) is 5.15 Å². The molecule has 0 aromatic carbocycles. The quantitative estimate of drug-likeness (QED) is 0.843. The molecule has 2 N–H and O–H groups in total. The minimum atomic E-state index is -0.528. The number of amides is 1. The number of hydrogen-bond donors (Lipinski definition) is 2. The van der Waals surface area contributed by atoms with Gasteiger partial charge in [0.25, 0.3) is 0 Å². The Morgan fingerprint density at radius 3 is 2.61 bits per heavy atom. The van der Waals surface area contributed by atoms with Crippen LogP contribution < -0.4 is 5.32 Å². The summed E-state index contributed by atoms with van der Waals surface area (Å²) in [7, 11) is 1.74. The van der Waals surface area contributed by atoms with Crippen LogP contribution in [-0.2, 0) is 18.3 Å². The van der Waals surface area contributed by atoms with Crippen molar-refractivity contribution in [3.05, 3.63) is 16.4 Å². The molecule has 0 saturated heterocycles. The van der Waals surface area contributed by atoms with Gasteiger partial charge in [-0.1, -0.05) is 25.4 Å². The van der Waals surface area contributed by atoms with E-state index in [0.717, 1.165) is 11.3 Å². The molecule has 0 fully saturated rings. The average Bonchev–Trinajstić information content (AvgIpc) is 2.52. The van der Waals surface area contributed by atoms with Crippen molar-refractivity contribution in [3.63, 3.8) is 0 Å². The molecule has 0 bridgehead atoms.